The monoisotopic (exact) mass is 370 g/mol. The van der Waals surface area contributed by atoms with E-state index in [4.69, 9.17) is 4.74 Å². The lowest BCUT2D eigenvalue weighted by Crippen LogP contribution is -2.33. The Bertz CT molecular complexity index is 820. The van der Waals surface area contributed by atoms with Crippen LogP contribution in [-0.2, 0) is 11.2 Å². The zero-order chi connectivity index (χ0) is 19.9. The Balaban J connectivity index is 1.86. The van der Waals surface area contributed by atoms with E-state index < -0.39 is 23.6 Å². The standard InChI is InChI=1S/C18H22N6O3/c1-18(2,3)27-17(26)20-10-9-14-22-15(24-23-14)16(25)21-13(11-19)12-7-5-4-6-8-12/h4-8,13H,9-10H2,1-3H3,(H,20,26)(H,21,25)(H,22,23,24). The van der Waals surface area contributed by atoms with Gasteiger partial charge in [-0.3, -0.25) is 9.89 Å². The van der Waals surface area contributed by atoms with Gasteiger partial charge in [0.25, 0.3) is 5.91 Å². The van der Waals surface area contributed by atoms with Gasteiger partial charge in [0.15, 0.2) is 0 Å². The summed E-state index contributed by atoms with van der Waals surface area (Å²) in [4.78, 5) is 27.9. The van der Waals surface area contributed by atoms with Crippen LogP contribution in [0.3, 0.4) is 0 Å². The third-order valence-corrected chi connectivity index (χ3v) is 3.30. The Morgan fingerprint density at radius 2 is 2.00 bits per heavy atom. The maximum atomic E-state index is 12.2. The predicted octanol–water partition coefficient (Wildman–Crippen LogP) is 1.87. The number of carbonyl (C=O) groups is 2. The van der Waals surface area contributed by atoms with E-state index in [2.05, 4.69) is 25.8 Å². The first-order valence-electron chi connectivity index (χ1n) is 8.42. The molecule has 142 valence electrons. The SMILES string of the molecule is CC(C)(C)OC(=O)NCCc1nc(C(=O)NC(C#N)c2ccccc2)n[nH]1. The third kappa shape index (κ3) is 6.43. The Labute approximate surface area is 157 Å². The van der Waals surface area contributed by atoms with Crippen LogP contribution in [-0.4, -0.2) is 39.3 Å². The molecule has 0 aliphatic rings. The molecule has 1 atom stereocenters. The molecule has 1 aromatic carbocycles. The van der Waals surface area contributed by atoms with Crippen molar-refractivity contribution in [2.24, 2.45) is 0 Å². The first kappa shape index (κ1) is 19.9. The molecular formula is C18H22N6O3. The number of aromatic amines is 1. The molecule has 1 aromatic heterocycles. The van der Waals surface area contributed by atoms with Crippen LogP contribution < -0.4 is 10.6 Å². The lowest BCUT2D eigenvalue weighted by Gasteiger charge is -2.19. The summed E-state index contributed by atoms with van der Waals surface area (Å²) in [5.41, 5.74) is 0.100. The molecule has 0 bridgehead atoms. The van der Waals surface area contributed by atoms with Crippen LogP contribution in [0.15, 0.2) is 30.3 Å². The predicted molar refractivity (Wildman–Crippen MR) is 96.6 cm³/mol. The molecule has 2 aromatic rings. The zero-order valence-corrected chi connectivity index (χ0v) is 15.4. The van der Waals surface area contributed by atoms with Crippen LogP contribution in [0.1, 0.15) is 48.8 Å². The van der Waals surface area contributed by atoms with Crippen LogP contribution in [0.4, 0.5) is 4.79 Å². The average Bonchev–Trinajstić information content (AvgIpc) is 3.07. The largest absolute Gasteiger partial charge is 0.444 e. The van der Waals surface area contributed by atoms with Crippen molar-refractivity contribution in [2.45, 2.75) is 38.8 Å². The molecule has 0 radical (unpaired) electrons. The van der Waals surface area contributed by atoms with E-state index in [1.54, 1.807) is 45.0 Å². The summed E-state index contributed by atoms with van der Waals surface area (Å²) in [6, 6.07) is 10.1. The molecule has 0 aliphatic carbocycles. The van der Waals surface area contributed by atoms with Gasteiger partial charge in [-0.1, -0.05) is 30.3 Å². The molecule has 0 saturated heterocycles. The molecule has 0 fully saturated rings. The molecule has 9 nitrogen and oxygen atoms in total. The normalized spacial score (nSPS) is 11.9. The lowest BCUT2D eigenvalue weighted by atomic mass is 10.1. The minimum atomic E-state index is -0.797. The van der Waals surface area contributed by atoms with E-state index in [1.165, 1.54) is 0 Å². The van der Waals surface area contributed by atoms with Gasteiger partial charge >= 0.3 is 6.09 Å². The molecule has 1 unspecified atom stereocenters. The molecule has 2 rings (SSSR count). The number of nitrogens with zero attached hydrogens (tertiary/aromatic N) is 3. The van der Waals surface area contributed by atoms with Gasteiger partial charge in [0.2, 0.25) is 5.82 Å². The highest BCUT2D eigenvalue weighted by atomic mass is 16.6. The quantitative estimate of drug-likeness (QED) is 0.711. The van der Waals surface area contributed by atoms with Crippen molar-refractivity contribution in [1.29, 1.82) is 5.26 Å². The van der Waals surface area contributed by atoms with Gasteiger partial charge in [0.05, 0.1) is 6.07 Å². The lowest BCUT2D eigenvalue weighted by molar-refractivity contribution is 0.0528. The van der Waals surface area contributed by atoms with E-state index in [1.807, 2.05) is 12.1 Å². The van der Waals surface area contributed by atoms with E-state index in [0.717, 1.165) is 0 Å². The summed E-state index contributed by atoms with van der Waals surface area (Å²) in [5, 5.41) is 20.9. The Hall–Kier alpha value is -3.41. The highest BCUT2D eigenvalue weighted by Crippen LogP contribution is 2.11. The van der Waals surface area contributed by atoms with Crippen molar-refractivity contribution < 1.29 is 14.3 Å². The number of nitriles is 1. The molecule has 2 amide bonds. The van der Waals surface area contributed by atoms with Crippen molar-refractivity contribution in [3.63, 3.8) is 0 Å². The highest BCUT2D eigenvalue weighted by Gasteiger charge is 2.19. The molecule has 0 saturated carbocycles. The number of carbonyl (C=O) groups excluding carboxylic acids is 2. The Morgan fingerprint density at radius 3 is 2.63 bits per heavy atom. The summed E-state index contributed by atoms with van der Waals surface area (Å²) < 4.78 is 5.13. The number of alkyl carbamates (subject to hydrolysis) is 1. The van der Waals surface area contributed by atoms with Gasteiger partial charge in [0, 0.05) is 13.0 Å². The Kier molecular flexibility index (Phi) is 6.49. The van der Waals surface area contributed by atoms with Gasteiger partial charge in [-0.2, -0.15) is 5.26 Å². The van der Waals surface area contributed by atoms with Crippen molar-refractivity contribution >= 4 is 12.0 Å². The van der Waals surface area contributed by atoms with Crippen LogP contribution in [0.25, 0.3) is 0 Å². The number of hydrogen-bond acceptors (Lipinski definition) is 6. The number of benzene rings is 1. The number of rotatable bonds is 6. The average molecular weight is 370 g/mol. The van der Waals surface area contributed by atoms with Gasteiger partial charge < -0.3 is 15.4 Å². The minimum Gasteiger partial charge on any atom is -0.444 e. The molecule has 0 spiro atoms. The van der Waals surface area contributed by atoms with Crippen LogP contribution >= 0.6 is 0 Å². The molecule has 9 heteroatoms. The van der Waals surface area contributed by atoms with Gasteiger partial charge in [0.1, 0.15) is 17.5 Å². The summed E-state index contributed by atoms with van der Waals surface area (Å²) in [5.74, 6) is -0.198. The fourth-order valence-corrected chi connectivity index (χ4v) is 2.14. The number of amides is 2. The number of aromatic nitrogens is 3. The second-order valence-corrected chi connectivity index (χ2v) is 6.73. The van der Waals surface area contributed by atoms with E-state index in [-0.39, 0.29) is 12.4 Å². The topological polar surface area (TPSA) is 133 Å². The first-order valence-corrected chi connectivity index (χ1v) is 8.42. The van der Waals surface area contributed by atoms with Gasteiger partial charge in [-0.15, -0.1) is 5.10 Å². The van der Waals surface area contributed by atoms with E-state index in [9.17, 15) is 14.9 Å². The van der Waals surface area contributed by atoms with Crippen LogP contribution in [0.2, 0.25) is 0 Å². The maximum Gasteiger partial charge on any atom is 0.407 e. The first-order chi connectivity index (χ1) is 12.8. The molecule has 0 aliphatic heterocycles. The van der Waals surface area contributed by atoms with Gasteiger partial charge in [-0.25, -0.2) is 9.78 Å². The molecule has 3 N–H and O–H groups in total. The molecule has 27 heavy (non-hydrogen) atoms. The van der Waals surface area contributed by atoms with E-state index >= 15 is 0 Å². The van der Waals surface area contributed by atoms with Crippen molar-refractivity contribution in [3.05, 3.63) is 47.5 Å². The summed E-state index contributed by atoms with van der Waals surface area (Å²) >= 11 is 0. The fourth-order valence-electron chi connectivity index (χ4n) is 2.14. The third-order valence-electron chi connectivity index (χ3n) is 3.30. The maximum absolute atomic E-state index is 12.2. The second-order valence-electron chi connectivity index (χ2n) is 6.73. The Morgan fingerprint density at radius 1 is 1.30 bits per heavy atom. The molecule has 1 heterocycles. The second kappa shape index (κ2) is 8.80. The number of hydrogen-bond donors (Lipinski definition) is 3. The van der Waals surface area contributed by atoms with Crippen molar-refractivity contribution in [3.8, 4) is 6.07 Å². The smallest absolute Gasteiger partial charge is 0.407 e. The number of ether oxygens (including phenoxy) is 1. The highest BCUT2D eigenvalue weighted by molar-refractivity contribution is 5.90. The summed E-state index contributed by atoms with van der Waals surface area (Å²) in [7, 11) is 0. The summed E-state index contributed by atoms with van der Waals surface area (Å²) in [6.45, 7) is 5.60. The number of H-pyrrole nitrogens is 1. The zero-order valence-electron chi connectivity index (χ0n) is 15.4. The van der Waals surface area contributed by atoms with Gasteiger partial charge in [-0.05, 0) is 26.3 Å². The van der Waals surface area contributed by atoms with E-state index in [0.29, 0.717) is 17.8 Å². The van der Waals surface area contributed by atoms with Crippen molar-refractivity contribution in [1.82, 2.24) is 25.8 Å². The molecular weight excluding hydrogens is 348 g/mol. The van der Waals surface area contributed by atoms with Crippen LogP contribution in [0.5, 0.6) is 0 Å². The van der Waals surface area contributed by atoms with Crippen molar-refractivity contribution in [2.75, 3.05) is 6.54 Å². The number of nitrogens with one attached hydrogen (secondary N) is 3. The summed E-state index contributed by atoms with van der Waals surface area (Å²) in [6.07, 6.45) is -0.181. The van der Waals surface area contributed by atoms with Crippen LogP contribution in [0, 0.1) is 11.3 Å². The minimum absolute atomic E-state index is 0.0709. The fraction of sp³-hybridized carbons (Fsp3) is 0.389.